The second-order valence-electron chi connectivity index (χ2n) is 7.10. The topological polar surface area (TPSA) is 0 Å². The van der Waals surface area contributed by atoms with Crippen LogP contribution in [0.2, 0.25) is 0 Å². The van der Waals surface area contributed by atoms with Crippen molar-refractivity contribution in [2.45, 2.75) is 52.9 Å². The number of hydrogen-bond donors (Lipinski definition) is 0. The van der Waals surface area contributed by atoms with Gasteiger partial charge in [-0.1, -0.05) is 39.3 Å². The molecule has 0 aromatic heterocycles. The summed E-state index contributed by atoms with van der Waals surface area (Å²) in [6, 6.07) is 0. The van der Waals surface area contributed by atoms with Gasteiger partial charge in [-0.3, -0.25) is 0 Å². The predicted octanol–water partition coefficient (Wildman–Crippen LogP) is 4.42. The van der Waals surface area contributed by atoms with Gasteiger partial charge in [0, 0.05) is 0 Å². The Hall–Kier alpha value is -0.260. The Kier molecular flexibility index (Phi) is 1.79. The van der Waals surface area contributed by atoms with Crippen LogP contribution in [0, 0.1) is 28.6 Å². The fourth-order valence-corrected chi connectivity index (χ4v) is 5.28. The first-order valence-electron chi connectivity index (χ1n) is 6.66. The van der Waals surface area contributed by atoms with Crippen LogP contribution in [0.3, 0.4) is 0 Å². The first-order chi connectivity index (χ1) is 6.97. The van der Waals surface area contributed by atoms with E-state index in [0.29, 0.717) is 10.8 Å². The highest BCUT2D eigenvalue weighted by atomic mass is 14.7. The Morgan fingerprint density at radius 3 is 2.60 bits per heavy atom. The van der Waals surface area contributed by atoms with Gasteiger partial charge in [0.25, 0.3) is 0 Å². The molecule has 0 spiro atoms. The van der Waals surface area contributed by atoms with Gasteiger partial charge >= 0.3 is 0 Å². The molecular formula is C15H24. The molecule has 3 saturated carbocycles. The molecule has 0 N–H and O–H groups in total. The van der Waals surface area contributed by atoms with Gasteiger partial charge in [0.15, 0.2) is 0 Å². The minimum atomic E-state index is 0.515. The molecule has 0 amide bonds. The zero-order valence-electron chi connectivity index (χ0n) is 10.5. The molecule has 0 aliphatic heterocycles. The SMILES string of the molecule is C=C1[C@H]2CCC3[C@H]2C(C)(C)CCC[C@]13C. The Bertz CT molecular complexity index is 312. The third-order valence-electron chi connectivity index (χ3n) is 6.07. The standard InChI is InChI=1S/C15H24/c1-10-11-6-7-12-13(11)14(2,3)8-5-9-15(10,12)4/h11-13H,1,5-9H2,2-4H3/t11-,12?,13+,15-/m1/s1. The Morgan fingerprint density at radius 1 is 1.13 bits per heavy atom. The highest BCUT2D eigenvalue weighted by molar-refractivity contribution is 5.29. The lowest BCUT2D eigenvalue weighted by molar-refractivity contribution is 0.141. The normalized spacial score (nSPS) is 51.9. The predicted molar refractivity (Wildman–Crippen MR) is 64.6 cm³/mol. The molecule has 1 unspecified atom stereocenters. The van der Waals surface area contributed by atoms with Gasteiger partial charge in [0.1, 0.15) is 0 Å². The quantitative estimate of drug-likeness (QED) is 0.513. The van der Waals surface area contributed by atoms with E-state index in [1.165, 1.54) is 32.1 Å². The molecule has 15 heavy (non-hydrogen) atoms. The van der Waals surface area contributed by atoms with Crippen molar-refractivity contribution in [2.75, 3.05) is 0 Å². The largest absolute Gasteiger partial charge is 0.0990 e. The van der Waals surface area contributed by atoms with Gasteiger partial charge in [-0.25, -0.2) is 0 Å². The van der Waals surface area contributed by atoms with E-state index in [-0.39, 0.29) is 0 Å². The summed E-state index contributed by atoms with van der Waals surface area (Å²) < 4.78 is 0. The van der Waals surface area contributed by atoms with Crippen molar-refractivity contribution < 1.29 is 0 Å². The summed E-state index contributed by atoms with van der Waals surface area (Å²) >= 11 is 0. The zero-order chi connectivity index (χ0) is 10.8. The van der Waals surface area contributed by atoms with E-state index in [9.17, 15) is 0 Å². The molecule has 3 fully saturated rings. The minimum absolute atomic E-state index is 0.515. The molecule has 3 aliphatic rings. The summed E-state index contributed by atoms with van der Waals surface area (Å²) in [4.78, 5) is 0. The van der Waals surface area contributed by atoms with Crippen LogP contribution in [0.1, 0.15) is 52.9 Å². The Balaban J connectivity index is 2.10. The lowest BCUT2D eigenvalue weighted by Crippen LogP contribution is -2.28. The molecule has 3 aliphatic carbocycles. The van der Waals surface area contributed by atoms with Crippen LogP contribution < -0.4 is 0 Å². The van der Waals surface area contributed by atoms with E-state index >= 15 is 0 Å². The van der Waals surface area contributed by atoms with Crippen LogP contribution in [0.15, 0.2) is 12.2 Å². The number of hydrogen-bond acceptors (Lipinski definition) is 0. The third-order valence-corrected chi connectivity index (χ3v) is 6.07. The number of allylic oxidation sites excluding steroid dienone is 1. The van der Waals surface area contributed by atoms with Crippen LogP contribution in [0.25, 0.3) is 0 Å². The molecule has 0 saturated heterocycles. The lowest BCUT2D eigenvalue weighted by Gasteiger charge is -2.35. The summed E-state index contributed by atoms with van der Waals surface area (Å²) in [7, 11) is 0. The van der Waals surface area contributed by atoms with E-state index in [4.69, 9.17) is 0 Å². The van der Waals surface area contributed by atoms with E-state index in [1.54, 1.807) is 5.57 Å². The molecule has 4 bridgehead atoms. The van der Waals surface area contributed by atoms with Gasteiger partial charge in [-0.05, 0) is 54.3 Å². The van der Waals surface area contributed by atoms with Gasteiger partial charge in [-0.2, -0.15) is 0 Å². The fourth-order valence-electron chi connectivity index (χ4n) is 5.28. The average Bonchev–Trinajstić information content (AvgIpc) is 2.63. The van der Waals surface area contributed by atoms with Crippen molar-refractivity contribution in [3.63, 3.8) is 0 Å². The maximum absolute atomic E-state index is 4.46. The van der Waals surface area contributed by atoms with E-state index < -0.39 is 0 Å². The van der Waals surface area contributed by atoms with Crippen LogP contribution in [0.5, 0.6) is 0 Å². The van der Waals surface area contributed by atoms with Crippen molar-refractivity contribution in [3.05, 3.63) is 12.2 Å². The Morgan fingerprint density at radius 2 is 1.87 bits per heavy atom. The maximum Gasteiger partial charge on any atom is -0.00849 e. The van der Waals surface area contributed by atoms with Gasteiger partial charge < -0.3 is 0 Å². The molecule has 3 rings (SSSR count). The van der Waals surface area contributed by atoms with Crippen LogP contribution in [0.4, 0.5) is 0 Å². The zero-order valence-corrected chi connectivity index (χ0v) is 10.5. The minimum Gasteiger partial charge on any atom is -0.0990 e. The van der Waals surface area contributed by atoms with Crippen molar-refractivity contribution in [3.8, 4) is 0 Å². The van der Waals surface area contributed by atoms with E-state index in [1.807, 2.05) is 0 Å². The summed E-state index contributed by atoms with van der Waals surface area (Å²) in [5.41, 5.74) is 2.71. The highest BCUT2D eigenvalue weighted by Crippen LogP contribution is 2.70. The van der Waals surface area contributed by atoms with Gasteiger partial charge in [0.05, 0.1) is 0 Å². The summed E-state index contributed by atoms with van der Waals surface area (Å²) in [6.45, 7) is 12.0. The smallest absolute Gasteiger partial charge is 0.00849 e. The van der Waals surface area contributed by atoms with Crippen LogP contribution in [-0.2, 0) is 0 Å². The monoisotopic (exact) mass is 204 g/mol. The molecule has 0 radical (unpaired) electrons. The van der Waals surface area contributed by atoms with E-state index in [0.717, 1.165) is 17.8 Å². The van der Waals surface area contributed by atoms with Crippen LogP contribution in [-0.4, -0.2) is 0 Å². The first-order valence-corrected chi connectivity index (χ1v) is 6.66. The highest BCUT2D eigenvalue weighted by Gasteiger charge is 2.61. The number of rotatable bonds is 0. The molecule has 0 heteroatoms. The molecule has 0 aromatic rings. The first kappa shape index (κ1) is 9.93. The molecule has 0 heterocycles. The lowest BCUT2D eigenvalue weighted by atomic mass is 9.69. The molecule has 0 aromatic carbocycles. The van der Waals surface area contributed by atoms with Crippen molar-refractivity contribution in [1.29, 1.82) is 0 Å². The van der Waals surface area contributed by atoms with E-state index in [2.05, 4.69) is 27.4 Å². The second kappa shape index (κ2) is 2.70. The van der Waals surface area contributed by atoms with Crippen LogP contribution >= 0.6 is 0 Å². The molecule has 0 nitrogen and oxygen atoms in total. The van der Waals surface area contributed by atoms with Crippen molar-refractivity contribution in [1.82, 2.24) is 0 Å². The van der Waals surface area contributed by atoms with Crippen molar-refractivity contribution >= 4 is 0 Å². The van der Waals surface area contributed by atoms with Gasteiger partial charge in [0.2, 0.25) is 0 Å². The fraction of sp³-hybridized carbons (Fsp3) is 0.867. The molecule has 84 valence electrons. The Labute approximate surface area is 94.1 Å². The molecule has 4 atom stereocenters. The van der Waals surface area contributed by atoms with Gasteiger partial charge in [-0.15, -0.1) is 0 Å². The maximum atomic E-state index is 4.46. The second-order valence-corrected chi connectivity index (χ2v) is 7.10. The summed E-state index contributed by atoms with van der Waals surface area (Å²) in [5.74, 6) is 2.79. The van der Waals surface area contributed by atoms with Crippen molar-refractivity contribution in [2.24, 2.45) is 28.6 Å². The summed E-state index contributed by atoms with van der Waals surface area (Å²) in [6.07, 6.45) is 7.18. The third kappa shape index (κ3) is 1.04. The average molecular weight is 204 g/mol. The molecular weight excluding hydrogens is 180 g/mol. The summed E-state index contributed by atoms with van der Waals surface area (Å²) in [5, 5.41) is 0.